The average Bonchev–Trinajstić information content (AvgIpc) is 2.59. The zero-order valence-electron chi connectivity index (χ0n) is 14.9. The summed E-state index contributed by atoms with van der Waals surface area (Å²) in [5.41, 5.74) is 5.92. The number of hydrogen-bond acceptors (Lipinski definition) is 4. The Hall–Kier alpha value is -0.460. The van der Waals surface area contributed by atoms with Gasteiger partial charge < -0.3 is 11.1 Å². The van der Waals surface area contributed by atoms with Crippen LogP contribution in [0.15, 0.2) is 17.0 Å². The molecule has 146 valence electrons. The molecule has 4 nitrogen and oxygen atoms in total. The van der Waals surface area contributed by atoms with Gasteiger partial charge in [-0.3, -0.25) is 9.59 Å². The van der Waals surface area contributed by atoms with E-state index in [9.17, 15) is 9.59 Å². The van der Waals surface area contributed by atoms with Crippen LogP contribution in [0.1, 0.15) is 52.4 Å². The van der Waals surface area contributed by atoms with E-state index in [0.717, 1.165) is 37.4 Å². The number of anilines is 1. The maximum Gasteiger partial charge on any atom is 0.230 e. The molecule has 1 aromatic rings. The van der Waals surface area contributed by atoms with Crippen LogP contribution >= 0.6 is 47.4 Å². The standard InChI is InChI=1S/C18H24Cl2N2O2S.ClH/c1-3-13(21)16(23)25-15-10-12(20)11(19)9-14(15)22-17(24)18(2)7-5-4-6-8-18;/h9-10,13H,3-8,21H2,1-2H3,(H,22,24);1H/t13-;/m0./s1. The Morgan fingerprint density at radius 3 is 2.38 bits per heavy atom. The second-order valence-electron chi connectivity index (χ2n) is 6.77. The highest BCUT2D eigenvalue weighted by molar-refractivity contribution is 8.14. The number of halogens is 3. The lowest BCUT2D eigenvalue weighted by molar-refractivity contribution is -0.126. The minimum atomic E-state index is -0.557. The lowest BCUT2D eigenvalue weighted by Crippen LogP contribution is -2.35. The molecule has 0 aromatic heterocycles. The van der Waals surface area contributed by atoms with Crippen LogP contribution in [-0.4, -0.2) is 17.1 Å². The summed E-state index contributed by atoms with van der Waals surface area (Å²) in [4.78, 5) is 25.6. The molecule has 0 heterocycles. The Kier molecular flexibility index (Phi) is 9.24. The molecule has 0 bridgehead atoms. The summed E-state index contributed by atoms with van der Waals surface area (Å²) in [5.74, 6) is -0.0420. The number of benzene rings is 1. The average molecular weight is 440 g/mol. The first-order chi connectivity index (χ1) is 11.8. The zero-order chi connectivity index (χ0) is 18.6. The van der Waals surface area contributed by atoms with Crippen molar-refractivity contribution < 1.29 is 9.59 Å². The summed E-state index contributed by atoms with van der Waals surface area (Å²) < 4.78 is 0. The van der Waals surface area contributed by atoms with E-state index in [0.29, 0.717) is 27.0 Å². The summed E-state index contributed by atoms with van der Waals surface area (Å²) >= 11 is 13.2. The van der Waals surface area contributed by atoms with Crippen molar-refractivity contribution in [2.24, 2.45) is 11.1 Å². The highest BCUT2D eigenvalue weighted by Gasteiger charge is 2.35. The predicted octanol–water partition coefficient (Wildman–Crippen LogP) is 5.68. The molecule has 0 spiro atoms. The van der Waals surface area contributed by atoms with Gasteiger partial charge in [0.05, 0.1) is 21.8 Å². The van der Waals surface area contributed by atoms with Crippen molar-refractivity contribution in [2.75, 3.05) is 5.32 Å². The number of nitrogens with two attached hydrogens (primary N) is 1. The topological polar surface area (TPSA) is 72.2 Å². The second-order valence-corrected chi connectivity index (χ2v) is 8.63. The van der Waals surface area contributed by atoms with Gasteiger partial charge in [-0.05, 0) is 43.2 Å². The molecule has 26 heavy (non-hydrogen) atoms. The first kappa shape index (κ1) is 23.6. The molecule has 0 saturated heterocycles. The number of carbonyl (C=O) groups is 2. The third-order valence-corrected chi connectivity index (χ3v) is 6.51. The molecule has 3 N–H and O–H groups in total. The van der Waals surface area contributed by atoms with Gasteiger partial charge in [0.2, 0.25) is 11.0 Å². The highest BCUT2D eigenvalue weighted by atomic mass is 35.5. The lowest BCUT2D eigenvalue weighted by Gasteiger charge is -2.32. The van der Waals surface area contributed by atoms with E-state index in [1.165, 1.54) is 6.42 Å². The van der Waals surface area contributed by atoms with Gasteiger partial charge in [0.1, 0.15) is 0 Å². The molecule has 0 radical (unpaired) electrons. The Labute approximate surface area is 175 Å². The maximum absolute atomic E-state index is 12.8. The van der Waals surface area contributed by atoms with Crippen LogP contribution < -0.4 is 11.1 Å². The SMILES string of the molecule is CC[C@H](N)C(=O)Sc1cc(Cl)c(Cl)cc1NC(=O)C1(C)CCCCC1.Cl. The van der Waals surface area contributed by atoms with Gasteiger partial charge in [-0.25, -0.2) is 0 Å². The van der Waals surface area contributed by atoms with Gasteiger partial charge >= 0.3 is 0 Å². The number of rotatable bonds is 5. The van der Waals surface area contributed by atoms with E-state index in [1.54, 1.807) is 12.1 Å². The molecule has 1 fully saturated rings. The van der Waals surface area contributed by atoms with Gasteiger partial charge in [0.15, 0.2) is 0 Å². The molecule has 8 heteroatoms. The molecule has 1 saturated carbocycles. The summed E-state index contributed by atoms with van der Waals surface area (Å²) in [6.45, 7) is 3.84. The van der Waals surface area contributed by atoms with Crippen molar-refractivity contribution in [1.82, 2.24) is 0 Å². The molecule has 1 aliphatic carbocycles. The van der Waals surface area contributed by atoms with Crippen molar-refractivity contribution in [3.8, 4) is 0 Å². The summed E-state index contributed by atoms with van der Waals surface area (Å²) in [6, 6.07) is 2.65. The van der Waals surface area contributed by atoms with Crippen molar-refractivity contribution in [1.29, 1.82) is 0 Å². The quantitative estimate of drug-likeness (QED) is 0.579. The van der Waals surface area contributed by atoms with Gasteiger partial charge in [-0.1, -0.05) is 56.3 Å². The van der Waals surface area contributed by atoms with E-state index < -0.39 is 11.5 Å². The Morgan fingerprint density at radius 1 is 1.23 bits per heavy atom. The summed E-state index contributed by atoms with van der Waals surface area (Å²) in [7, 11) is 0. The minimum absolute atomic E-state index is 0. The molecular formula is C18H25Cl3N2O2S. The number of hydrogen-bond donors (Lipinski definition) is 2. The number of carbonyl (C=O) groups excluding carboxylic acids is 2. The number of amides is 1. The number of thioether (sulfide) groups is 1. The normalized spacial score (nSPS) is 17.1. The molecule has 1 atom stereocenters. The molecule has 1 aliphatic rings. The van der Waals surface area contributed by atoms with Gasteiger partial charge in [0, 0.05) is 10.3 Å². The summed E-state index contributed by atoms with van der Waals surface area (Å²) in [5, 5.41) is 3.46. The van der Waals surface area contributed by atoms with Crippen molar-refractivity contribution in [3.05, 3.63) is 22.2 Å². The monoisotopic (exact) mass is 438 g/mol. The molecular weight excluding hydrogens is 415 g/mol. The highest BCUT2D eigenvalue weighted by Crippen LogP contribution is 2.40. The fourth-order valence-electron chi connectivity index (χ4n) is 2.89. The van der Waals surface area contributed by atoms with Crippen molar-refractivity contribution in [2.45, 2.75) is 63.3 Å². The van der Waals surface area contributed by atoms with E-state index in [-0.39, 0.29) is 23.4 Å². The zero-order valence-corrected chi connectivity index (χ0v) is 18.1. The van der Waals surface area contributed by atoms with Gasteiger partial charge in [-0.15, -0.1) is 12.4 Å². The second kappa shape index (κ2) is 10.2. The van der Waals surface area contributed by atoms with Gasteiger partial charge in [-0.2, -0.15) is 0 Å². The fraction of sp³-hybridized carbons (Fsp3) is 0.556. The van der Waals surface area contributed by atoms with Crippen LogP contribution in [0.4, 0.5) is 5.69 Å². The first-order valence-electron chi connectivity index (χ1n) is 8.54. The third-order valence-electron chi connectivity index (χ3n) is 4.73. The Morgan fingerprint density at radius 2 is 1.81 bits per heavy atom. The predicted molar refractivity (Wildman–Crippen MR) is 113 cm³/mol. The fourth-order valence-corrected chi connectivity index (χ4v) is 4.22. The van der Waals surface area contributed by atoms with Crippen LogP contribution in [0.3, 0.4) is 0 Å². The van der Waals surface area contributed by atoms with E-state index in [4.69, 9.17) is 28.9 Å². The van der Waals surface area contributed by atoms with E-state index in [2.05, 4.69) is 5.32 Å². The Balaban J connectivity index is 0.00000338. The largest absolute Gasteiger partial charge is 0.325 e. The van der Waals surface area contributed by atoms with Crippen LogP contribution in [0.25, 0.3) is 0 Å². The number of nitrogens with one attached hydrogen (secondary N) is 1. The van der Waals surface area contributed by atoms with Crippen molar-refractivity contribution >= 4 is 64.1 Å². The van der Waals surface area contributed by atoms with Crippen LogP contribution in [0.5, 0.6) is 0 Å². The van der Waals surface area contributed by atoms with Crippen LogP contribution in [0, 0.1) is 5.41 Å². The molecule has 1 amide bonds. The maximum atomic E-state index is 12.8. The minimum Gasteiger partial charge on any atom is -0.325 e. The molecule has 0 unspecified atom stereocenters. The lowest BCUT2D eigenvalue weighted by atomic mass is 9.75. The molecule has 2 rings (SSSR count). The smallest absolute Gasteiger partial charge is 0.230 e. The van der Waals surface area contributed by atoms with E-state index >= 15 is 0 Å². The summed E-state index contributed by atoms with van der Waals surface area (Å²) in [6.07, 6.45) is 5.55. The molecule has 0 aliphatic heterocycles. The van der Waals surface area contributed by atoms with E-state index in [1.807, 2.05) is 13.8 Å². The van der Waals surface area contributed by atoms with Gasteiger partial charge in [0.25, 0.3) is 0 Å². The van der Waals surface area contributed by atoms with Crippen molar-refractivity contribution in [3.63, 3.8) is 0 Å². The molecule has 1 aromatic carbocycles. The Bertz CT molecular complexity index is 664. The van der Waals surface area contributed by atoms with Crippen LogP contribution in [-0.2, 0) is 9.59 Å². The third kappa shape index (κ3) is 5.77. The first-order valence-corrected chi connectivity index (χ1v) is 10.1. The van der Waals surface area contributed by atoms with Crippen LogP contribution in [0.2, 0.25) is 10.0 Å².